The summed E-state index contributed by atoms with van der Waals surface area (Å²) in [5.74, 6) is 0.903. The van der Waals surface area contributed by atoms with Crippen LogP contribution < -0.4 is 5.32 Å². The first-order valence-electron chi connectivity index (χ1n) is 10.6. The van der Waals surface area contributed by atoms with Crippen LogP contribution in [0.2, 0.25) is 0 Å². The summed E-state index contributed by atoms with van der Waals surface area (Å²) in [6.45, 7) is 2.16. The molecular weight excluding hydrogens is 406 g/mol. The Balaban J connectivity index is 1.47. The summed E-state index contributed by atoms with van der Waals surface area (Å²) in [5, 5.41) is 18.8. The number of amides is 1. The van der Waals surface area contributed by atoms with Crippen molar-refractivity contribution in [2.75, 3.05) is 5.32 Å². The molecule has 0 aliphatic heterocycles. The van der Waals surface area contributed by atoms with Gasteiger partial charge in [-0.05, 0) is 55.2 Å². The smallest absolute Gasteiger partial charge is 0.252 e. The molecule has 1 aliphatic carbocycles. The average Bonchev–Trinajstić information content (AvgIpc) is 3.23. The number of anilines is 1. The Labute approximate surface area is 186 Å². The molecule has 9 heteroatoms. The molecule has 1 aromatic carbocycles. The fourth-order valence-electron chi connectivity index (χ4n) is 3.60. The van der Waals surface area contributed by atoms with Gasteiger partial charge in [0, 0.05) is 18.2 Å². The van der Waals surface area contributed by atoms with Crippen LogP contribution >= 0.6 is 0 Å². The van der Waals surface area contributed by atoms with Crippen LogP contribution in [0.15, 0.2) is 64.8 Å². The molecule has 0 saturated carbocycles. The van der Waals surface area contributed by atoms with Crippen LogP contribution in [-0.2, 0) is 23.3 Å². The Bertz CT molecular complexity index is 1150. The lowest BCUT2D eigenvalue weighted by Gasteiger charge is -2.17. The number of benzene rings is 1. The number of aromatic nitrogens is 5. The van der Waals surface area contributed by atoms with Gasteiger partial charge in [0.05, 0.1) is 5.69 Å². The summed E-state index contributed by atoms with van der Waals surface area (Å²) in [6, 6.07) is 15.0. The van der Waals surface area contributed by atoms with Gasteiger partial charge in [0.2, 0.25) is 5.82 Å². The van der Waals surface area contributed by atoms with E-state index in [1.165, 1.54) is 4.68 Å². The maximum absolute atomic E-state index is 12.6. The van der Waals surface area contributed by atoms with E-state index in [1.807, 2.05) is 49.4 Å². The van der Waals surface area contributed by atoms with E-state index in [-0.39, 0.29) is 12.5 Å². The van der Waals surface area contributed by atoms with E-state index < -0.39 is 0 Å². The molecule has 32 heavy (non-hydrogen) atoms. The molecule has 4 rings (SSSR count). The lowest BCUT2D eigenvalue weighted by molar-refractivity contribution is -0.113. The maximum Gasteiger partial charge on any atom is 0.252 e. The van der Waals surface area contributed by atoms with Crippen molar-refractivity contribution in [3.8, 4) is 0 Å². The van der Waals surface area contributed by atoms with Gasteiger partial charge in [0.1, 0.15) is 5.82 Å². The van der Waals surface area contributed by atoms with Crippen molar-refractivity contribution in [3.05, 3.63) is 76.8 Å². The summed E-state index contributed by atoms with van der Waals surface area (Å²) >= 11 is 0. The van der Waals surface area contributed by atoms with Crippen molar-refractivity contribution in [2.45, 2.75) is 39.2 Å². The number of rotatable bonds is 7. The molecule has 3 aromatic rings. The quantitative estimate of drug-likeness (QED) is 0.454. The summed E-state index contributed by atoms with van der Waals surface area (Å²) in [4.78, 5) is 22.7. The Hall–Kier alpha value is -3.88. The zero-order valence-electron chi connectivity index (χ0n) is 18.2. The summed E-state index contributed by atoms with van der Waals surface area (Å²) < 4.78 is 1.53. The first-order chi connectivity index (χ1) is 15.6. The Morgan fingerprint density at radius 3 is 2.69 bits per heavy atom. The monoisotopic (exact) mass is 431 g/mol. The number of oxime groups is 1. The van der Waals surface area contributed by atoms with Crippen LogP contribution in [0.1, 0.15) is 49.7 Å². The van der Waals surface area contributed by atoms with Crippen molar-refractivity contribution in [3.63, 3.8) is 0 Å². The first-order valence-corrected chi connectivity index (χ1v) is 10.6. The zero-order valence-corrected chi connectivity index (χ0v) is 18.2. The fourth-order valence-corrected chi connectivity index (χ4v) is 3.60. The molecule has 0 spiro atoms. The van der Waals surface area contributed by atoms with Gasteiger partial charge in [-0.15, -0.1) is 5.10 Å². The van der Waals surface area contributed by atoms with Crippen molar-refractivity contribution < 1.29 is 9.63 Å². The van der Waals surface area contributed by atoms with Gasteiger partial charge in [-0.2, -0.15) is 0 Å². The molecule has 2 heterocycles. The highest BCUT2D eigenvalue weighted by molar-refractivity contribution is 6.10. The fraction of sp³-hybridized carbons (Fsp3) is 0.304. The topological polar surface area (TPSA) is 107 Å². The lowest BCUT2D eigenvalue weighted by Crippen LogP contribution is -2.18. The molecule has 0 unspecified atom stereocenters. The molecule has 0 radical (unpaired) electrons. The third-order valence-corrected chi connectivity index (χ3v) is 5.31. The van der Waals surface area contributed by atoms with Crippen LogP contribution in [0.3, 0.4) is 0 Å². The number of allylic oxidation sites excluding steroid dienone is 1. The second-order valence-corrected chi connectivity index (χ2v) is 7.64. The second-order valence-electron chi connectivity index (χ2n) is 7.64. The number of nitrogens with one attached hydrogen (secondary N) is 1. The number of tetrazole rings is 1. The number of aryl methyl sites for hydroxylation is 1. The number of pyridine rings is 1. The Kier molecular flexibility index (Phi) is 6.64. The third kappa shape index (κ3) is 5.05. The van der Waals surface area contributed by atoms with Crippen LogP contribution in [0.5, 0.6) is 0 Å². The Morgan fingerprint density at radius 1 is 1.12 bits per heavy atom. The first kappa shape index (κ1) is 21.4. The van der Waals surface area contributed by atoms with Crippen molar-refractivity contribution in [1.29, 1.82) is 0 Å². The van der Waals surface area contributed by atoms with E-state index in [4.69, 9.17) is 4.84 Å². The molecule has 2 aromatic heterocycles. The molecule has 1 N–H and O–H groups in total. The van der Waals surface area contributed by atoms with Gasteiger partial charge in [-0.3, -0.25) is 4.79 Å². The van der Waals surface area contributed by atoms with Gasteiger partial charge in [-0.25, -0.2) is 9.67 Å². The summed E-state index contributed by atoms with van der Waals surface area (Å²) in [7, 11) is 1.74. The van der Waals surface area contributed by atoms with Crippen molar-refractivity contribution >= 4 is 17.4 Å². The number of carbonyl (C=O) groups is 1. The van der Waals surface area contributed by atoms with E-state index in [1.54, 1.807) is 13.1 Å². The molecule has 1 amide bonds. The highest BCUT2D eigenvalue weighted by Gasteiger charge is 2.17. The molecule has 0 fully saturated rings. The highest BCUT2D eigenvalue weighted by Crippen LogP contribution is 2.25. The van der Waals surface area contributed by atoms with Crippen molar-refractivity contribution in [2.24, 2.45) is 12.2 Å². The zero-order chi connectivity index (χ0) is 22.3. The summed E-state index contributed by atoms with van der Waals surface area (Å²) in [5.41, 5.74) is 4.02. The van der Waals surface area contributed by atoms with E-state index in [9.17, 15) is 4.79 Å². The highest BCUT2D eigenvalue weighted by atomic mass is 16.6. The predicted octanol–water partition coefficient (Wildman–Crippen LogP) is 3.40. The lowest BCUT2D eigenvalue weighted by atomic mass is 9.92. The minimum atomic E-state index is -0.0769. The standard InChI is InChI=1S/C23H25N7O2/c1-16-9-6-7-13-19(16)23(31)25-20-14-8-12-18(24-20)15-32-27-21(17-10-4-3-5-11-17)22-26-28-29-30(22)2/h3-5,8,10-12,14H,6-7,9,13,15H2,1-2H3,(H,24,25,31)/b27-21+. The van der Waals surface area contributed by atoms with E-state index >= 15 is 0 Å². The SMILES string of the molecule is CC1=C(C(=O)Nc2cccc(CO/N=C(\c3ccccc3)c3nnnn3C)n2)CCCC1. The molecular formula is C23H25N7O2. The van der Waals surface area contributed by atoms with E-state index in [0.717, 1.165) is 42.4 Å². The van der Waals surface area contributed by atoms with Crippen LogP contribution in [-0.4, -0.2) is 36.8 Å². The van der Waals surface area contributed by atoms with Gasteiger partial charge in [0.25, 0.3) is 5.91 Å². The minimum Gasteiger partial charge on any atom is -0.389 e. The number of hydrogen-bond donors (Lipinski definition) is 1. The van der Waals surface area contributed by atoms with E-state index in [2.05, 4.69) is 31.0 Å². The number of hydrogen-bond acceptors (Lipinski definition) is 7. The van der Waals surface area contributed by atoms with Gasteiger partial charge in [-0.1, -0.05) is 47.1 Å². The average molecular weight is 432 g/mol. The normalized spacial score (nSPS) is 14.4. The molecule has 1 aliphatic rings. The molecule has 0 bridgehead atoms. The minimum absolute atomic E-state index is 0.0769. The van der Waals surface area contributed by atoms with Gasteiger partial charge < -0.3 is 10.2 Å². The van der Waals surface area contributed by atoms with Crippen molar-refractivity contribution in [1.82, 2.24) is 25.2 Å². The predicted molar refractivity (Wildman–Crippen MR) is 120 cm³/mol. The third-order valence-electron chi connectivity index (χ3n) is 5.31. The van der Waals surface area contributed by atoms with Gasteiger partial charge >= 0.3 is 0 Å². The second kappa shape index (κ2) is 9.95. The largest absolute Gasteiger partial charge is 0.389 e. The van der Waals surface area contributed by atoms with Crippen LogP contribution in [0.4, 0.5) is 5.82 Å². The molecule has 0 saturated heterocycles. The Morgan fingerprint density at radius 2 is 1.94 bits per heavy atom. The van der Waals surface area contributed by atoms with Gasteiger partial charge in [0.15, 0.2) is 12.3 Å². The number of nitrogens with zero attached hydrogens (tertiary/aromatic N) is 6. The maximum atomic E-state index is 12.6. The molecule has 9 nitrogen and oxygen atoms in total. The molecule has 164 valence electrons. The van der Waals surface area contributed by atoms with Crippen LogP contribution in [0.25, 0.3) is 0 Å². The number of carbonyl (C=O) groups excluding carboxylic acids is 1. The van der Waals surface area contributed by atoms with E-state index in [0.29, 0.717) is 23.0 Å². The summed E-state index contributed by atoms with van der Waals surface area (Å²) in [6.07, 6.45) is 3.98. The molecule has 0 atom stereocenters. The van der Waals surface area contributed by atoms with Crippen LogP contribution in [0, 0.1) is 0 Å².